The number of benzene rings is 2. The molecular formula is C34H46N4-2. The molecule has 0 bridgehead atoms. The lowest BCUT2D eigenvalue weighted by molar-refractivity contribution is 0.313. The van der Waals surface area contributed by atoms with Gasteiger partial charge in [0.1, 0.15) is 0 Å². The second-order valence-electron chi connectivity index (χ2n) is 11.2. The molecular weight excluding hydrogens is 464 g/mol. The number of aliphatic imine (C=N–C) groups is 2. The highest BCUT2D eigenvalue weighted by Gasteiger charge is 2.23. The molecule has 2 aromatic rings. The van der Waals surface area contributed by atoms with Crippen LogP contribution in [0.1, 0.15) is 86.8 Å². The maximum atomic E-state index is 4.89. The van der Waals surface area contributed by atoms with Crippen molar-refractivity contribution in [2.24, 2.45) is 9.98 Å². The van der Waals surface area contributed by atoms with E-state index in [0.717, 1.165) is 47.0 Å². The van der Waals surface area contributed by atoms with E-state index >= 15 is 0 Å². The first kappa shape index (κ1) is 29.4. The molecule has 0 saturated heterocycles. The Kier molecular flexibility index (Phi) is 10.1. The van der Waals surface area contributed by atoms with Crippen LogP contribution in [0.5, 0.6) is 0 Å². The molecule has 0 spiro atoms. The standard InChI is InChI=1S/C34H46N4/c1-21-15-23(3)33(24(4)16-21)37-29(9)19-27(7)35-31-13-11-12-14-32(31)36-28(8)20-30(10)38-34-25(5)17-22(2)18-26(34)6/h15-18,31-32,35-36H,11-14H2,1-10H3/q-2/t31-,32-/m0/s1. The molecule has 0 unspecified atom stereocenters. The molecule has 0 heterocycles. The fraction of sp³-hybridized carbons (Fsp3) is 0.471. The Hall–Kier alpha value is -3.14. The van der Waals surface area contributed by atoms with Crippen LogP contribution < -0.4 is 10.6 Å². The monoisotopic (exact) mass is 510 g/mol. The molecule has 0 radical (unpaired) electrons. The van der Waals surface area contributed by atoms with Gasteiger partial charge in [0.2, 0.25) is 0 Å². The minimum absolute atomic E-state index is 0.336. The number of nitrogens with one attached hydrogen (secondary N) is 2. The first-order valence-corrected chi connectivity index (χ1v) is 13.9. The van der Waals surface area contributed by atoms with Crippen molar-refractivity contribution < 1.29 is 0 Å². The molecule has 2 atom stereocenters. The van der Waals surface area contributed by atoms with Gasteiger partial charge in [-0.1, -0.05) is 75.9 Å². The van der Waals surface area contributed by atoms with Crippen LogP contribution in [0.15, 0.2) is 45.6 Å². The van der Waals surface area contributed by atoms with Crippen molar-refractivity contribution >= 4 is 22.8 Å². The number of hydrogen-bond acceptors (Lipinski definition) is 4. The second-order valence-corrected chi connectivity index (χ2v) is 11.2. The summed E-state index contributed by atoms with van der Waals surface area (Å²) >= 11 is 0. The molecule has 4 heteroatoms. The van der Waals surface area contributed by atoms with Crippen molar-refractivity contribution in [2.75, 3.05) is 0 Å². The van der Waals surface area contributed by atoms with Crippen molar-refractivity contribution in [3.8, 4) is 0 Å². The average Bonchev–Trinajstić information content (AvgIpc) is 2.79. The normalized spacial score (nSPS) is 19.5. The summed E-state index contributed by atoms with van der Waals surface area (Å²) in [5, 5.41) is 7.47. The number of hydrogen-bond donors (Lipinski definition) is 2. The summed E-state index contributed by atoms with van der Waals surface area (Å²) in [5.41, 5.74) is 13.3. The highest BCUT2D eigenvalue weighted by Crippen LogP contribution is 2.27. The predicted octanol–water partition coefficient (Wildman–Crippen LogP) is 8.33. The van der Waals surface area contributed by atoms with E-state index in [1.807, 2.05) is 13.8 Å². The maximum Gasteiger partial charge on any atom is 0.0656 e. The van der Waals surface area contributed by atoms with Gasteiger partial charge in [0.25, 0.3) is 0 Å². The lowest BCUT2D eigenvalue weighted by Crippen LogP contribution is -2.48. The Labute approximate surface area is 231 Å². The molecule has 2 N–H and O–H groups in total. The summed E-state index contributed by atoms with van der Waals surface area (Å²) in [5.74, 6) is 0. The summed E-state index contributed by atoms with van der Waals surface area (Å²) in [6.07, 6.45) is 11.7. The SMILES string of the molecule is CC(=[C-]C(C)=Nc1c(C)cc(C)cc1C)N[C@H]1CCCC[C@@H]1NC(C)=[C-]C(C)=Nc1c(C)cc(C)cc1C. The molecule has 1 saturated carbocycles. The highest BCUT2D eigenvalue weighted by atomic mass is 15.0. The third-order valence-electron chi connectivity index (χ3n) is 7.14. The van der Waals surface area contributed by atoms with E-state index in [-0.39, 0.29) is 0 Å². The Morgan fingerprint density at radius 2 is 0.921 bits per heavy atom. The van der Waals surface area contributed by atoms with Gasteiger partial charge in [-0.2, -0.15) is 11.4 Å². The van der Waals surface area contributed by atoms with Crippen molar-refractivity contribution in [3.63, 3.8) is 0 Å². The topological polar surface area (TPSA) is 48.8 Å². The van der Waals surface area contributed by atoms with E-state index < -0.39 is 0 Å². The minimum Gasteiger partial charge on any atom is -0.430 e. The minimum atomic E-state index is 0.336. The highest BCUT2D eigenvalue weighted by molar-refractivity contribution is 5.92. The zero-order chi connectivity index (χ0) is 28.0. The Balaban J connectivity index is 1.70. The lowest BCUT2D eigenvalue weighted by Gasteiger charge is -2.38. The van der Waals surface area contributed by atoms with Crippen molar-refractivity contribution in [2.45, 2.75) is 107 Å². The molecule has 204 valence electrons. The largest absolute Gasteiger partial charge is 0.430 e. The lowest BCUT2D eigenvalue weighted by atomic mass is 9.89. The molecule has 3 rings (SSSR count). The second kappa shape index (κ2) is 13.1. The molecule has 4 nitrogen and oxygen atoms in total. The van der Waals surface area contributed by atoms with Crippen molar-refractivity contribution in [3.05, 3.63) is 81.2 Å². The van der Waals surface area contributed by atoms with Crippen LogP contribution in [0.3, 0.4) is 0 Å². The van der Waals surface area contributed by atoms with Gasteiger partial charge < -0.3 is 22.8 Å². The molecule has 1 aliphatic rings. The third-order valence-corrected chi connectivity index (χ3v) is 7.14. The first-order chi connectivity index (χ1) is 17.9. The summed E-state index contributed by atoms with van der Waals surface area (Å²) in [6.45, 7) is 21.0. The summed E-state index contributed by atoms with van der Waals surface area (Å²) < 4.78 is 0. The van der Waals surface area contributed by atoms with Gasteiger partial charge in [0.15, 0.2) is 0 Å². The first-order valence-electron chi connectivity index (χ1n) is 13.9. The van der Waals surface area contributed by atoms with Gasteiger partial charge in [0.05, 0.1) is 11.4 Å². The van der Waals surface area contributed by atoms with Gasteiger partial charge in [-0.15, -0.1) is 11.4 Å². The average molecular weight is 511 g/mol. The van der Waals surface area contributed by atoms with E-state index in [1.54, 1.807) is 0 Å². The summed E-state index contributed by atoms with van der Waals surface area (Å²) in [4.78, 5) is 9.77. The van der Waals surface area contributed by atoms with Gasteiger partial charge in [0, 0.05) is 12.1 Å². The summed E-state index contributed by atoms with van der Waals surface area (Å²) in [6, 6.07) is 9.43. The number of nitrogens with zero attached hydrogens (tertiary/aromatic N) is 2. The fourth-order valence-corrected chi connectivity index (χ4v) is 5.74. The van der Waals surface area contributed by atoms with Crippen molar-refractivity contribution in [1.29, 1.82) is 0 Å². The molecule has 1 fully saturated rings. The zero-order valence-electron chi connectivity index (χ0n) is 25.2. The Morgan fingerprint density at radius 1 is 0.605 bits per heavy atom. The smallest absolute Gasteiger partial charge is 0.0656 e. The van der Waals surface area contributed by atoms with Crippen molar-refractivity contribution in [1.82, 2.24) is 10.6 Å². The Morgan fingerprint density at radius 3 is 1.24 bits per heavy atom. The van der Waals surface area contributed by atoms with Crippen LogP contribution in [0.2, 0.25) is 0 Å². The van der Waals surface area contributed by atoms with E-state index in [2.05, 4.69) is 102 Å². The van der Waals surface area contributed by atoms with Crippen LogP contribution in [0, 0.1) is 53.7 Å². The number of allylic oxidation sites excluding steroid dienone is 4. The molecule has 38 heavy (non-hydrogen) atoms. The molecule has 2 aromatic carbocycles. The fourth-order valence-electron chi connectivity index (χ4n) is 5.74. The quantitative estimate of drug-likeness (QED) is 0.277. The van der Waals surface area contributed by atoms with Gasteiger partial charge >= 0.3 is 0 Å². The van der Waals surface area contributed by atoms with Crippen LogP contribution in [0.4, 0.5) is 11.4 Å². The number of rotatable bonds is 8. The molecule has 1 aliphatic carbocycles. The predicted molar refractivity (Wildman–Crippen MR) is 164 cm³/mol. The van der Waals surface area contributed by atoms with Gasteiger partial charge in [-0.05, 0) is 76.6 Å². The summed E-state index contributed by atoms with van der Waals surface area (Å²) in [7, 11) is 0. The zero-order valence-corrected chi connectivity index (χ0v) is 25.2. The van der Waals surface area contributed by atoms with Crippen LogP contribution >= 0.6 is 0 Å². The van der Waals surface area contributed by atoms with Gasteiger partial charge in [-0.3, -0.25) is 9.98 Å². The van der Waals surface area contributed by atoms with E-state index in [1.165, 1.54) is 46.2 Å². The number of aryl methyl sites for hydroxylation is 6. The van der Waals surface area contributed by atoms with E-state index in [4.69, 9.17) is 9.98 Å². The van der Waals surface area contributed by atoms with E-state index in [9.17, 15) is 0 Å². The Bertz CT molecular complexity index is 1130. The van der Waals surface area contributed by atoms with E-state index in [0.29, 0.717) is 12.1 Å². The maximum absolute atomic E-state index is 4.89. The van der Waals surface area contributed by atoms with Crippen LogP contribution in [-0.2, 0) is 0 Å². The van der Waals surface area contributed by atoms with Crippen LogP contribution in [0.25, 0.3) is 0 Å². The van der Waals surface area contributed by atoms with Crippen LogP contribution in [-0.4, -0.2) is 23.5 Å². The van der Waals surface area contributed by atoms with Gasteiger partial charge in [-0.25, -0.2) is 0 Å². The molecule has 0 amide bonds. The third kappa shape index (κ3) is 8.18. The molecule has 0 aliphatic heterocycles. The molecule has 0 aromatic heterocycles.